The number of hydrogen-bond acceptors (Lipinski definition) is 4. The van der Waals surface area contributed by atoms with Crippen LogP contribution in [0.1, 0.15) is 6.92 Å². The maximum atomic E-state index is 6.17. The van der Waals surface area contributed by atoms with Gasteiger partial charge in [0.15, 0.2) is 0 Å². The number of rotatable bonds is 4. The van der Waals surface area contributed by atoms with Crippen molar-refractivity contribution in [3.63, 3.8) is 0 Å². The molecule has 1 atom stereocenters. The second kappa shape index (κ2) is 4.99. The zero-order valence-electron chi connectivity index (χ0n) is 9.16. The number of fused-ring (bicyclic) bond motifs is 1. The summed E-state index contributed by atoms with van der Waals surface area (Å²) in [4.78, 5) is 4.32. The minimum Gasteiger partial charge on any atom is -0.383 e. The molecule has 0 aliphatic rings. The Morgan fingerprint density at radius 1 is 1.56 bits per heavy atom. The number of nitrogens with zero attached hydrogens (tertiary/aromatic N) is 1. The average molecular weight is 257 g/mol. The number of thiazole rings is 1. The lowest BCUT2D eigenvalue weighted by Gasteiger charge is -2.15. The van der Waals surface area contributed by atoms with Gasteiger partial charge in [-0.3, -0.25) is 0 Å². The van der Waals surface area contributed by atoms with Crippen molar-refractivity contribution in [2.45, 2.75) is 13.0 Å². The van der Waals surface area contributed by atoms with Gasteiger partial charge in [0.25, 0.3) is 0 Å². The topological polar surface area (TPSA) is 34.1 Å². The standard InChI is InChI=1S/C11H13ClN2OS/c1-7(5-15-2)14-10-8(12)3-4-9-11(10)13-6-16-9/h3-4,6-7,14H,5H2,1-2H3. The molecule has 0 radical (unpaired) electrons. The fraction of sp³-hybridized carbons (Fsp3) is 0.364. The summed E-state index contributed by atoms with van der Waals surface area (Å²) in [7, 11) is 1.68. The van der Waals surface area contributed by atoms with Crippen molar-refractivity contribution in [3.8, 4) is 0 Å². The Balaban J connectivity index is 2.34. The molecule has 1 N–H and O–H groups in total. The van der Waals surface area contributed by atoms with Gasteiger partial charge in [-0.1, -0.05) is 11.6 Å². The van der Waals surface area contributed by atoms with Crippen LogP contribution in [0.2, 0.25) is 5.02 Å². The maximum Gasteiger partial charge on any atom is 0.106 e. The van der Waals surface area contributed by atoms with Crippen molar-refractivity contribution in [1.29, 1.82) is 0 Å². The van der Waals surface area contributed by atoms with E-state index in [-0.39, 0.29) is 6.04 Å². The van der Waals surface area contributed by atoms with E-state index < -0.39 is 0 Å². The summed E-state index contributed by atoms with van der Waals surface area (Å²) in [6, 6.07) is 4.08. The molecule has 0 saturated heterocycles. The Morgan fingerprint density at radius 3 is 3.12 bits per heavy atom. The fourth-order valence-corrected chi connectivity index (χ4v) is 2.47. The van der Waals surface area contributed by atoms with E-state index >= 15 is 0 Å². The number of halogens is 1. The molecule has 2 aromatic rings. The molecule has 0 spiro atoms. The van der Waals surface area contributed by atoms with Gasteiger partial charge >= 0.3 is 0 Å². The lowest BCUT2D eigenvalue weighted by atomic mass is 10.2. The minimum absolute atomic E-state index is 0.204. The van der Waals surface area contributed by atoms with Crippen LogP contribution in [0, 0.1) is 0 Å². The molecule has 0 saturated carbocycles. The van der Waals surface area contributed by atoms with Crippen LogP contribution in [0.5, 0.6) is 0 Å². The van der Waals surface area contributed by atoms with Crippen LogP contribution in [-0.2, 0) is 4.74 Å². The molecular weight excluding hydrogens is 244 g/mol. The Kier molecular flexibility index (Phi) is 3.63. The summed E-state index contributed by atoms with van der Waals surface area (Å²) in [5.74, 6) is 0. The van der Waals surface area contributed by atoms with E-state index in [1.165, 1.54) is 0 Å². The average Bonchev–Trinajstić information content (AvgIpc) is 2.71. The second-order valence-corrected chi connectivity index (χ2v) is 4.92. The predicted octanol–water partition coefficient (Wildman–Crippen LogP) is 3.40. The zero-order chi connectivity index (χ0) is 11.5. The Morgan fingerprint density at radius 2 is 2.38 bits per heavy atom. The Bertz CT molecular complexity index is 486. The molecule has 0 bridgehead atoms. The van der Waals surface area contributed by atoms with E-state index in [1.54, 1.807) is 18.4 Å². The van der Waals surface area contributed by atoms with Crippen molar-refractivity contribution in [2.24, 2.45) is 0 Å². The highest BCUT2D eigenvalue weighted by Crippen LogP contribution is 2.32. The Labute approximate surface area is 103 Å². The van der Waals surface area contributed by atoms with Crippen molar-refractivity contribution in [1.82, 2.24) is 4.98 Å². The molecule has 16 heavy (non-hydrogen) atoms. The third kappa shape index (κ3) is 2.29. The van der Waals surface area contributed by atoms with Gasteiger partial charge in [-0.25, -0.2) is 4.98 Å². The van der Waals surface area contributed by atoms with E-state index in [0.717, 1.165) is 15.9 Å². The summed E-state index contributed by atoms with van der Waals surface area (Å²) in [6.07, 6.45) is 0. The third-order valence-electron chi connectivity index (χ3n) is 2.26. The molecule has 5 heteroatoms. The van der Waals surface area contributed by atoms with E-state index in [4.69, 9.17) is 16.3 Å². The van der Waals surface area contributed by atoms with Crippen LogP contribution >= 0.6 is 22.9 Å². The number of aromatic nitrogens is 1. The van der Waals surface area contributed by atoms with Gasteiger partial charge in [0.05, 0.1) is 27.5 Å². The van der Waals surface area contributed by atoms with Gasteiger partial charge in [0, 0.05) is 13.2 Å². The molecule has 1 unspecified atom stereocenters. The third-order valence-corrected chi connectivity index (χ3v) is 3.37. The molecule has 1 aromatic heterocycles. The van der Waals surface area contributed by atoms with E-state index in [1.807, 2.05) is 24.6 Å². The number of hydrogen-bond donors (Lipinski definition) is 1. The number of benzene rings is 1. The number of anilines is 1. The molecule has 0 fully saturated rings. The molecule has 0 aliphatic heterocycles. The van der Waals surface area contributed by atoms with Crippen molar-refractivity contribution >= 4 is 38.8 Å². The molecule has 86 valence electrons. The second-order valence-electron chi connectivity index (χ2n) is 3.62. The first-order valence-electron chi connectivity index (χ1n) is 4.99. The highest BCUT2D eigenvalue weighted by molar-refractivity contribution is 7.16. The van der Waals surface area contributed by atoms with Crippen LogP contribution in [0.25, 0.3) is 10.2 Å². The summed E-state index contributed by atoms with van der Waals surface area (Å²) in [6.45, 7) is 2.68. The normalized spacial score (nSPS) is 12.9. The van der Waals surface area contributed by atoms with Gasteiger partial charge in [0.1, 0.15) is 5.52 Å². The number of nitrogens with one attached hydrogen (secondary N) is 1. The Hall–Kier alpha value is -0.840. The highest BCUT2D eigenvalue weighted by atomic mass is 35.5. The summed E-state index contributed by atoms with van der Waals surface area (Å²) in [5, 5.41) is 4.02. The van der Waals surface area contributed by atoms with Crippen LogP contribution < -0.4 is 5.32 Å². The molecule has 3 nitrogen and oxygen atoms in total. The SMILES string of the molecule is COCC(C)Nc1c(Cl)ccc2scnc12. The van der Waals surface area contributed by atoms with Gasteiger partial charge in [-0.05, 0) is 19.1 Å². The molecular formula is C11H13ClN2OS. The van der Waals surface area contributed by atoms with Crippen molar-refractivity contribution in [2.75, 3.05) is 19.0 Å². The van der Waals surface area contributed by atoms with Gasteiger partial charge in [-0.15, -0.1) is 11.3 Å². The lowest BCUT2D eigenvalue weighted by Crippen LogP contribution is -2.21. The minimum atomic E-state index is 0.204. The summed E-state index contributed by atoms with van der Waals surface area (Å²) < 4.78 is 6.22. The van der Waals surface area contributed by atoms with E-state index in [2.05, 4.69) is 10.3 Å². The molecule has 1 aromatic carbocycles. The van der Waals surface area contributed by atoms with E-state index in [9.17, 15) is 0 Å². The van der Waals surface area contributed by atoms with Gasteiger partial charge in [-0.2, -0.15) is 0 Å². The zero-order valence-corrected chi connectivity index (χ0v) is 10.7. The first-order chi connectivity index (χ1) is 7.72. The summed E-state index contributed by atoms with van der Waals surface area (Å²) >= 11 is 7.78. The maximum absolute atomic E-state index is 6.17. The molecule has 2 rings (SSSR count). The predicted molar refractivity (Wildman–Crippen MR) is 69.6 cm³/mol. The first kappa shape index (κ1) is 11.6. The van der Waals surface area contributed by atoms with Gasteiger partial charge < -0.3 is 10.1 Å². The largest absolute Gasteiger partial charge is 0.383 e. The molecule has 1 heterocycles. The first-order valence-corrected chi connectivity index (χ1v) is 6.25. The van der Waals surface area contributed by atoms with E-state index in [0.29, 0.717) is 11.6 Å². The van der Waals surface area contributed by atoms with Crippen molar-refractivity contribution < 1.29 is 4.74 Å². The van der Waals surface area contributed by atoms with Crippen molar-refractivity contribution in [3.05, 3.63) is 22.7 Å². The van der Waals surface area contributed by atoms with Crippen LogP contribution in [0.4, 0.5) is 5.69 Å². The van der Waals surface area contributed by atoms with Crippen LogP contribution in [-0.4, -0.2) is 24.7 Å². The van der Waals surface area contributed by atoms with Crippen LogP contribution in [0.3, 0.4) is 0 Å². The fourth-order valence-electron chi connectivity index (χ4n) is 1.58. The van der Waals surface area contributed by atoms with Gasteiger partial charge in [0.2, 0.25) is 0 Å². The summed E-state index contributed by atoms with van der Waals surface area (Å²) in [5.41, 5.74) is 3.65. The number of methoxy groups -OCH3 is 1. The number of ether oxygens (including phenoxy) is 1. The molecule has 0 aliphatic carbocycles. The monoisotopic (exact) mass is 256 g/mol. The molecule has 0 amide bonds. The van der Waals surface area contributed by atoms with Crippen LogP contribution in [0.15, 0.2) is 17.6 Å². The lowest BCUT2D eigenvalue weighted by molar-refractivity contribution is 0.190. The highest BCUT2D eigenvalue weighted by Gasteiger charge is 2.11. The smallest absolute Gasteiger partial charge is 0.106 e. The quantitative estimate of drug-likeness (QED) is 0.911.